The van der Waals surface area contributed by atoms with Gasteiger partial charge in [0.25, 0.3) is 0 Å². The first kappa shape index (κ1) is 12.0. The molecule has 0 saturated heterocycles. The Morgan fingerprint density at radius 1 is 1.40 bits per heavy atom. The van der Waals surface area contributed by atoms with Gasteiger partial charge in [0, 0.05) is 5.56 Å². The molecule has 1 atom stereocenters. The van der Waals surface area contributed by atoms with Crippen LogP contribution in [0.25, 0.3) is 0 Å². The summed E-state index contributed by atoms with van der Waals surface area (Å²) in [6.45, 7) is 2.99. The molecule has 15 heavy (non-hydrogen) atoms. The minimum absolute atomic E-state index is 0.340. The number of alkyl halides is 1. The van der Waals surface area contributed by atoms with E-state index in [2.05, 4.69) is 0 Å². The Morgan fingerprint density at radius 3 is 2.80 bits per heavy atom. The van der Waals surface area contributed by atoms with Crippen molar-refractivity contribution in [2.24, 2.45) is 5.73 Å². The van der Waals surface area contributed by atoms with Gasteiger partial charge in [0.05, 0.1) is 6.61 Å². The lowest BCUT2D eigenvalue weighted by molar-refractivity contribution is 0.283. The van der Waals surface area contributed by atoms with E-state index in [9.17, 15) is 4.39 Å². The summed E-state index contributed by atoms with van der Waals surface area (Å²) in [5.74, 6) is 0.639. The monoisotopic (exact) mass is 211 g/mol. The van der Waals surface area contributed by atoms with Crippen LogP contribution in [0.15, 0.2) is 24.3 Å². The first-order chi connectivity index (χ1) is 7.29. The Kier molecular flexibility index (Phi) is 5.12. The number of rotatable bonds is 6. The van der Waals surface area contributed by atoms with Crippen molar-refractivity contribution < 1.29 is 9.13 Å². The van der Waals surface area contributed by atoms with Crippen molar-refractivity contribution in [1.82, 2.24) is 0 Å². The number of para-hydroxylation sites is 1. The van der Waals surface area contributed by atoms with Crippen molar-refractivity contribution >= 4 is 0 Å². The van der Waals surface area contributed by atoms with E-state index in [1.54, 1.807) is 12.1 Å². The van der Waals surface area contributed by atoms with Gasteiger partial charge in [-0.2, -0.15) is 0 Å². The molecule has 0 aromatic heterocycles. The zero-order chi connectivity index (χ0) is 11.1. The molecule has 0 fully saturated rings. The highest BCUT2D eigenvalue weighted by atomic mass is 19.1. The van der Waals surface area contributed by atoms with E-state index in [4.69, 9.17) is 10.5 Å². The molecule has 0 saturated carbocycles. The van der Waals surface area contributed by atoms with Gasteiger partial charge < -0.3 is 10.5 Å². The minimum Gasteiger partial charge on any atom is -0.493 e. The van der Waals surface area contributed by atoms with Crippen molar-refractivity contribution in [2.45, 2.75) is 25.9 Å². The van der Waals surface area contributed by atoms with Crippen LogP contribution in [-0.2, 0) is 0 Å². The van der Waals surface area contributed by atoms with Crippen molar-refractivity contribution in [2.75, 3.05) is 13.2 Å². The molecule has 0 aliphatic carbocycles. The lowest BCUT2D eigenvalue weighted by atomic mass is 10.1. The minimum atomic E-state index is -1.02. The Bertz CT molecular complexity index is 291. The molecule has 1 aromatic carbocycles. The van der Waals surface area contributed by atoms with Gasteiger partial charge in [-0.15, -0.1) is 0 Å². The van der Waals surface area contributed by atoms with E-state index in [-0.39, 0.29) is 0 Å². The van der Waals surface area contributed by atoms with Crippen molar-refractivity contribution in [3.63, 3.8) is 0 Å². The van der Waals surface area contributed by atoms with E-state index < -0.39 is 6.17 Å². The predicted octanol–water partition coefficient (Wildman–Crippen LogP) is 2.83. The third-order valence-corrected chi connectivity index (χ3v) is 2.14. The van der Waals surface area contributed by atoms with Gasteiger partial charge in [-0.1, -0.05) is 25.1 Å². The molecule has 84 valence electrons. The average Bonchev–Trinajstić information content (AvgIpc) is 2.27. The van der Waals surface area contributed by atoms with E-state index in [1.807, 2.05) is 19.1 Å². The summed E-state index contributed by atoms with van der Waals surface area (Å²) in [6, 6.07) is 7.22. The van der Waals surface area contributed by atoms with Crippen molar-refractivity contribution in [3.05, 3.63) is 29.8 Å². The summed E-state index contributed by atoms with van der Waals surface area (Å²) < 4.78 is 19.1. The molecule has 1 rings (SSSR count). The normalized spacial score (nSPS) is 12.5. The average molecular weight is 211 g/mol. The summed E-state index contributed by atoms with van der Waals surface area (Å²) in [6.07, 6.45) is 0.234. The molecule has 0 radical (unpaired) electrons. The molecule has 0 heterocycles. The maximum atomic E-state index is 13.7. The third kappa shape index (κ3) is 3.51. The van der Waals surface area contributed by atoms with E-state index in [1.165, 1.54) is 0 Å². The van der Waals surface area contributed by atoms with E-state index in [0.717, 1.165) is 6.42 Å². The Morgan fingerprint density at radius 2 is 2.13 bits per heavy atom. The number of nitrogens with two attached hydrogens (primary N) is 1. The van der Waals surface area contributed by atoms with Gasteiger partial charge in [-0.25, -0.2) is 4.39 Å². The molecule has 1 unspecified atom stereocenters. The van der Waals surface area contributed by atoms with Crippen LogP contribution in [0.2, 0.25) is 0 Å². The molecule has 0 spiro atoms. The van der Waals surface area contributed by atoms with Gasteiger partial charge in [-0.05, 0) is 25.5 Å². The number of hydrogen-bond donors (Lipinski definition) is 1. The Balaban J connectivity index is 2.75. The maximum Gasteiger partial charge on any atom is 0.130 e. The second-order valence-corrected chi connectivity index (χ2v) is 3.43. The van der Waals surface area contributed by atoms with Crippen LogP contribution in [-0.4, -0.2) is 13.2 Å². The van der Waals surface area contributed by atoms with Crippen LogP contribution in [0.1, 0.15) is 31.5 Å². The topological polar surface area (TPSA) is 35.2 Å². The fraction of sp³-hybridized carbons (Fsp3) is 0.500. The van der Waals surface area contributed by atoms with E-state index >= 15 is 0 Å². The SMILES string of the molecule is CCCOc1ccccc1C(F)CCN. The molecule has 0 aliphatic heterocycles. The molecule has 0 aliphatic rings. The fourth-order valence-electron chi connectivity index (χ4n) is 1.38. The van der Waals surface area contributed by atoms with Crippen LogP contribution in [0.4, 0.5) is 4.39 Å². The molecule has 2 N–H and O–H groups in total. The lowest BCUT2D eigenvalue weighted by Gasteiger charge is -2.13. The summed E-state index contributed by atoms with van der Waals surface area (Å²) in [7, 11) is 0. The predicted molar refractivity (Wildman–Crippen MR) is 59.7 cm³/mol. The van der Waals surface area contributed by atoms with Gasteiger partial charge in [0.1, 0.15) is 11.9 Å². The molecule has 2 nitrogen and oxygen atoms in total. The molecule has 0 bridgehead atoms. The summed E-state index contributed by atoms with van der Waals surface area (Å²) in [5.41, 5.74) is 5.94. The zero-order valence-electron chi connectivity index (χ0n) is 9.08. The number of hydrogen-bond acceptors (Lipinski definition) is 2. The summed E-state index contributed by atoms with van der Waals surface area (Å²) in [4.78, 5) is 0. The smallest absolute Gasteiger partial charge is 0.130 e. The second-order valence-electron chi connectivity index (χ2n) is 3.43. The van der Waals surface area contributed by atoms with Crippen LogP contribution in [0.3, 0.4) is 0 Å². The number of ether oxygens (including phenoxy) is 1. The largest absolute Gasteiger partial charge is 0.493 e. The van der Waals surface area contributed by atoms with Gasteiger partial charge in [0.2, 0.25) is 0 Å². The summed E-state index contributed by atoms with van der Waals surface area (Å²) in [5, 5.41) is 0. The highest BCUT2D eigenvalue weighted by Gasteiger charge is 2.13. The lowest BCUT2D eigenvalue weighted by Crippen LogP contribution is -2.06. The fourth-order valence-corrected chi connectivity index (χ4v) is 1.38. The molecule has 1 aromatic rings. The molecular weight excluding hydrogens is 193 g/mol. The third-order valence-electron chi connectivity index (χ3n) is 2.14. The summed E-state index contributed by atoms with van der Waals surface area (Å²) >= 11 is 0. The van der Waals surface area contributed by atoms with Gasteiger partial charge >= 0.3 is 0 Å². The van der Waals surface area contributed by atoms with Crippen LogP contribution < -0.4 is 10.5 Å². The Hall–Kier alpha value is -1.09. The van der Waals surface area contributed by atoms with Crippen molar-refractivity contribution in [3.8, 4) is 5.75 Å². The number of benzene rings is 1. The first-order valence-corrected chi connectivity index (χ1v) is 5.35. The highest BCUT2D eigenvalue weighted by Crippen LogP contribution is 2.29. The van der Waals surface area contributed by atoms with Crippen LogP contribution >= 0.6 is 0 Å². The van der Waals surface area contributed by atoms with Crippen molar-refractivity contribution in [1.29, 1.82) is 0 Å². The molecule has 0 amide bonds. The Labute approximate surface area is 90.2 Å². The van der Waals surface area contributed by atoms with Gasteiger partial charge in [-0.3, -0.25) is 0 Å². The second kappa shape index (κ2) is 6.40. The van der Waals surface area contributed by atoms with Gasteiger partial charge in [0.15, 0.2) is 0 Å². The number of halogens is 1. The molecular formula is C12H18FNO. The zero-order valence-corrected chi connectivity index (χ0v) is 9.08. The van der Waals surface area contributed by atoms with Crippen LogP contribution in [0, 0.1) is 0 Å². The van der Waals surface area contributed by atoms with Crippen LogP contribution in [0.5, 0.6) is 5.75 Å². The molecule has 3 heteroatoms. The first-order valence-electron chi connectivity index (χ1n) is 5.35. The maximum absolute atomic E-state index is 13.7. The standard InChI is InChI=1S/C12H18FNO/c1-2-9-15-12-6-4-3-5-10(12)11(13)7-8-14/h3-6,11H,2,7-9,14H2,1H3. The highest BCUT2D eigenvalue weighted by molar-refractivity contribution is 5.35. The van der Waals surface area contributed by atoms with E-state index in [0.29, 0.717) is 30.9 Å². The quantitative estimate of drug-likeness (QED) is 0.785.